The second-order valence-electron chi connectivity index (χ2n) is 4.36. The lowest BCUT2D eigenvalue weighted by Gasteiger charge is -2.34. The van der Waals surface area contributed by atoms with Crippen molar-refractivity contribution in [2.45, 2.75) is 36.8 Å². The van der Waals surface area contributed by atoms with E-state index in [4.69, 9.17) is 4.42 Å². The Hall–Kier alpha value is -0.0600. The zero-order valence-corrected chi connectivity index (χ0v) is 12.2. The summed E-state index contributed by atoms with van der Waals surface area (Å²) in [7, 11) is 0. The maximum Gasteiger partial charge on any atom is 0.121 e. The van der Waals surface area contributed by atoms with Crippen molar-refractivity contribution in [2.75, 3.05) is 18.1 Å². The molecule has 3 unspecified atom stereocenters. The van der Waals surface area contributed by atoms with Gasteiger partial charge in [-0.2, -0.15) is 23.5 Å². The van der Waals surface area contributed by atoms with E-state index >= 15 is 0 Å². The zero-order chi connectivity index (χ0) is 12.1. The Morgan fingerprint density at radius 3 is 2.94 bits per heavy atom. The van der Waals surface area contributed by atoms with Crippen LogP contribution in [0.2, 0.25) is 0 Å². The highest BCUT2D eigenvalue weighted by Gasteiger charge is 2.32. The quantitative estimate of drug-likeness (QED) is 0.885. The highest BCUT2D eigenvalue weighted by atomic mass is 32.2. The van der Waals surface area contributed by atoms with Gasteiger partial charge in [-0.15, -0.1) is 0 Å². The van der Waals surface area contributed by atoms with Gasteiger partial charge in [-0.05, 0) is 25.1 Å². The molecule has 96 valence electrons. The minimum absolute atomic E-state index is 0.359. The van der Waals surface area contributed by atoms with Crippen molar-refractivity contribution >= 4 is 23.5 Å². The summed E-state index contributed by atoms with van der Waals surface area (Å²) in [6.07, 6.45) is 2.94. The van der Waals surface area contributed by atoms with Gasteiger partial charge in [0.2, 0.25) is 0 Å². The normalized spacial score (nSPS) is 26.9. The number of nitrogens with one attached hydrogen (secondary N) is 1. The van der Waals surface area contributed by atoms with Crippen LogP contribution in [0.3, 0.4) is 0 Å². The third-order valence-electron chi connectivity index (χ3n) is 3.03. The average molecular weight is 271 g/mol. The minimum Gasteiger partial charge on any atom is -0.468 e. The van der Waals surface area contributed by atoms with Crippen molar-refractivity contribution in [1.29, 1.82) is 0 Å². The van der Waals surface area contributed by atoms with Gasteiger partial charge in [0.25, 0.3) is 0 Å². The fraction of sp³-hybridized carbons (Fsp3) is 0.692. The second-order valence-corrected chi connectivity index (χ2v) is 7.13. The first-order valence-electron chi connectivity index (χ1n) is 6.33. The van der Waals surface area contributed by atoms with Crippen LogP contribution in [-0.4, -0.2) is 28.6 Å². The molecule has 0 saturated carbocycles. The molecule has 0 radical (unpaired) electrons. The van der Waals surface area contributed by atoms with Crippen molar-refractivity contribution in [3.8, 4) is 0 Å². The lowest BCUT2D eigenvalue weighted by Crippen LogP contribution is -2.37. The van der Waals surface area contributed by atoms with Gasteiger partial charge in [-0.3, -0.25) is 0 Å². The largest absolute Gasteiger partial charge is 0.468 e. The molecule has 0 bridgehead atoms. The van der Waals surface area contributed by atoms with E-state index in [-0.39, 0.29) is 0 Å². The molecule has 2 rings (SSSR count). The van der Waals surface area contributed by atoms with Crippen LogP contribution in [0.15, 0.2) is 22.8 Å². The van der Waals surface area contributed by atoms with Gasteiger partial charge < -0.3 is 9.73 Å². The third kappa shape index (κ3) is 3.46. The molecule has 17 heavy (non-hydrogen) atoms. The molecule has 0 amide bonds. The molecule has 1 saturated heterocycles. The van der Waals surface area contributed by atoms with Crippen molar-refractivity contribution in [3.05, 3.63) is 24.2 Å². The van der Waals surface area contributed by atoms with Crippen LogP contribution in [-0.2, 0) is 0 Å². The summed E-state index contributed by atoms with van der Waals surface area (Å²) >= 11 is 4.17. The lowest BCUT2D eigenvalue weighted by atomic mass is 10.1. The molecule has 0 spiro atoms. The van der Waals surface area contributed by atoms with E-state index < -0.39 is 0 Å². The Kier molecular flexibility index (Phi) is 5.32. The van der Waals surface area contributed by atoms with E-state index in [0.717, 1.165) is 18.7 Å². The van der Waals surface area contributed by atoms with Crippen LogP contribution in [0.5, 0.6) is 0 Å². The summed E-state index contributed by atoms with van der Waals surface area (Å²) < 4.78 is 5.61. The smallest absolute Gasteiger partial charge is 0.121 e. The summed E-state index contributed by atoms with van der Waals surface area (Å²) in [5.74, 6) is 3.62. The molecular weight excluding hydrogens is 250 g/mol. The predicted octanol–water partition coefficient (Wildman–Crippen LogP) is 3.56. The van der Waals surface area contributed by atoms with Gasteiger partial charge in [-0.1, -0.05) is 13.8 Å². The van der Waals surface area contributed by atoms with E-state index in [1.807, 2.05) is 6.07 Å². The fourth-order valence-corrected chi connectivity index (χ4v) is 5.09. The van der Waals surface area contributed by atoms with E-state index in [1.54, 1.807) is 6.26 Å². The molecule has 1 fully saturated rings. The zero-order valence-electron chi connectivity index (χ0n) is 10.5. The van der Waals surface area contributed by atoms with Crippen LogP contribution in [0.4, 0.5) is 0 Å². The first-order valence-corrected chi connectivity index (χ1v) is 8.42. The molecule has 1 aromatic heterocycles. The van der Waals surface area contributed by atoms with Gasteiger partial charge in [0, 0.05) is 22.0 Å². The molecule has 0 aliphatic carbocycles. The molecule has 1 aliphatic heterocycles. The number of furan rings is 1. The van der Waals surface area contributed by atoms with Gasteiger partial charge in [0.05, 0.1) is 12.3 Å². The van der Waals surface area contributed by atoms with E-state index in [9.17, 15) is 0 Å². The van der Waals surface area contributed by atoms with Crippen LogP contribution in [0.1, 0.15) is 32.1 Å². The topological polar surface area (TPSA) is 25.2 Å². The Morgan fingerprint density at radius 1 is 1.47 bits per heavy atom. The van der Waals surface area contributed by atoms with Crippen molar-refractivity contribution in [1.82, 2.24) is 5.32 Å². The maximum atomic E-state index is 5.61. The summed E-state index contributed by atoms with van der Waals surface area (Å²) in [6, 6.07) is 4.44. The molecular formula is C13H21NOS2. The van der Waals surface area contributed by atoms with Crippen molar-refractivity contribution < 1.29 is 4.42 Å². The SMILES string of the molecule is CCCNC(c1ccco1)C1SCCSC1C. The van der Waals surface area contributed by atoms with E-state index in [2.05, 4.69) is 48.8 Å². The highest BCUT2D eigenvalue weighted by Crippen LogP contribution is 2.38. The third-order valence-corrected chi connectivity index (χ3v) is 6.22. The predicted molar refractivity (Wildman–Crippen MR) is 77.9 cm³/mol. The van der Waals surface area contributed by atoms with Gasteiger partial charge >= 0.3 is 0 Å². The Morgan fingerprint density at radius 2 is 2.29 bits per heavy atom. The Labute approximate surface area is 112 Å². The standard InChI is InChI=1S/C13H21NOS2/c1-3-6-14-12(11-5-4-7-15-11)13-10(2)16-8-9-17-13/h4-5,7,10,12-14H,3,6,8-9H2,1-2H3. The summed E-state index contributed by atoms with van der Waals surface area (Å²) in [5, 5.41) is 4.95. The maximum absolute atomic E-state index is 5.61. The first-order chi connectivity index (χ1) is 8.33. The van der Waals surface area contributed by atoms with Crippen LogP contribution in [0, 0.1) is 0 Å². The van der Waals surface area contributed by atoms with Crippen LogP contribution in [0.25, 0.3) is 0 Å². The first kappa shape index (κ1) is 13.4. The van der Waals surface area contributed by atoms with Crippen molar-refractivity contribution in [3.63, 3.8) is 0 Å². The molecule has 1 aliphatic rings. The van der Waals surface area contributed by atoms with Crippen LogP contribution < -0.4 is 5.32 Å². The van der Waals surface area contributed by atoms with Gasteiger partial charge in [-0.25, -0.2) is 0 Å². The van der Waals surface area contributed by atoms with Crippen LogP contribution >= 0.6 is 23.5 Å². The molecule has 2 nitrogen and oxygen atoms in total. The molecule has 1 N–H and O–H groups in total. The number of hydrogen-bond acceptors (Lipinski definition) is 4. The fourth-order valence-electron chi connectivity index (χ4n) is 2.16. The minimum atomic E-state index is 0.359. The average Bonchev–Trinajstić information content (AvgIpc) is 2.85. The Bertz CT molecular complexity index is 315. The van der Waals surface area contributed by atoms with Gasteiger partial charge in [0.15, 0.2) is 0 Å². The highest BCUT2D eigenvalue weighted by molar-refractivity contribution is 8.07. The van der Waals surface area contributed by atoms with Gasteiger partial charge in [0.1, 0.15) is 5.76 Å². The summed E-state index contributed by atoms with van der Waals surface area (Å²) in [6.45, 7) is 5.60. The number of hydrogen-bond donors (Lipinski definition) is 1. The van der Waals surface area contributed by atoms with E-state index in [0.29, 0.717) is 16.5 Å². The number of rotatable bonds is 5. The number of thioether (sulfide) groups is 2. The molecule has 3 atom stereocenters. The summed E-state index contributed by atoms with van der Waals surface area (Å²) in [5.41, 5.74) is 0. The van der Waals surface area contributed by atoms with E-state index in [1.165, 1.54) is 11.5 Å². The molecule has 4 heteroatoms. The lowest BCUT2D eigenvalue weighted by molar-refractivity contribution is 0.402. The summed E-state index contributed by atoms with van der Waals surface area (Å²) in [4.78, 5) is 0. The molecule has 1 aromatic rings. The molecule has 0 aromatic carbocycles. The second kappa shape index (κ2) is 6.76. The monoisotopic (exact) mass is 271 g/mol. The Balaban J connectivity index is 2.08. The van der Waals surface area contributed by atoms with Crippen molar-refractivity contribution in [2.24, 2.45) is 0 Å². The molecule has 2 heterocycles.